The lowest BCUT2D eigenvalue weighted by atomic mass is 10.1. The number of carboxylic acid groups (broad SMARTS) is 1. The number of hydrogen-bond acceptors (Lipinski definition) is 2. The van der Waals surface area contributed by atoms with Gasteiger partial charge in [0, 0.05) is 11.3 Å². The molecule has 1 aromatic carbocycles. The fraction of sp³-hybridized carbons (Fsp3) is 0.385. The third-order valence-electron chi connectivity index (χ3n) is 2.70. The standard InChI is InChI=1S/C13H17FN2O3/c1-3-5-11(12(17)18)16-13(19)15-10-7-4-6-9(14)8(10)2/h4,6-7,11H,3,5H2,1-2H3,(H,17,18)(H2,15,16,19)/t11-/m1/s1. The summed E-state index contributed by atoms with van der Waals surface area (Å²) in [6.45, 7) is 3.36. The number of urea groups is 1. The van der Waals surface area contributed by atoms with E-state index in [1.807, 2.05) is 6.92 Å². The maximum Gasteiger partial charge on any atom is 0.326 e. The van der Waals surface area contributed by atoms with E-state index in [1.165, 1.54) is 19.1 Å². The molecule has 0 radical (unpaired) electrons. The third-order valence-corrected chi connectivity index (χ3v) is 2.70. The first-order valence-electron chi connectivity index (χ1n) is 6.01. The average molecular weight is 268 g/mol. The Morgan fingerprint density at radius 3 is 2.68 bits per heavy atom. The van der Waals surface area contributed by atoms with E-state index in [9.17, 15) is 14.0 Å². The highest BCUT2D eigenvalue weighted by atomic mass is 19.1. The molecule has 1 atom stereocenters. The predicted molar refractivity (Wildman–Crippen MR) is 69.6 cm³/mol. The molecule has 0 spiro atoms. The van der Waals surface area contributed by atoms with E-state index in [1.54, 1.807) is 6.07 Å². The lowest BCUT2D eigenvalue weighted by Gasteiger charge is -2.15. The molecule has 0 unspecified atom stereocenters. The van der Waals surface area contributed by atoms with Crippen LogP contribution in [0.3, 0.4) is 0 Å². The second-order valence-corrected chi connectivity index (χ2v) is 4.19. The highest BCUT2D eigenvalue weighted by Gasteiger charge is 2.19. The van der Waals surface area contributed by atoms with E-state index in [-0.39, 0.29) is 0 Å². The molecule has 19 heavy (non-hydrogen) atoms. The molecular formula is C13H17FN2O3. The van der Waals surface area contributed by atoms with Crippen molar-refractivity contribution in [1.29, 1.82) is 0 Å². The van der Waals surface area contributed by atoms with E-state index in [2.05, 4.69) is 10.6 Å². The molecule has 5 nitrogen and oxygen atoms in total. The molecule has 0 aliphatic carbocycles. The van der Waals surface area contributed by atoms with E-state index >= 15 is 0 Å². The minimum Gasteiger partial charge on any atom is -0.480 e. The van der Waals surface area contributed by atoms with Crippen LogP contribution in [0, 0.1) is 12.7 Å². The first-order chi connectivity index (χ1) is 8.95. The zero-order valence-electron chi connectivity index (χ0n) is 10.9. The van der Waals surface area contributed by atoms with Gasteiger partial charge in [-0.05, 0) is 25.5 Å². The number of anilines is 1. The summed E-state index contributed by atoms with van der Waals surface area (Å²) in [5.74, 6) is -1.52. The number of amides is 2. The first-order valence-corrected chi connectivity index (χ1v) is 6.01. The molecule has 0 saturated carbocycles. The maximum absolute atomic E-state index is 13.3. The van der Waals surface area contributed by atoms with Crippen LogP contribution in [0.1, 0.15) is 25.3 Å². The van der Waals surface area contributed by atoms with Crippen LogP contribution in [0.2, 0.25) is 0 Å². The van der Waals surface area contributed by atoms with E-state index in [4.69, 9.17) is 5.11 Å². The summed E-state index contributed by atoms with van der Waals surface area (Å²) in [6.07, 6.45) is 0.973. The third kappa shape index (κ3) is 4.24. The zero-order valence-corrected chi connectivity index (χ0v) is 10.9. The lowest BCUT2D eigenvalue weighted by Crippen LogP contribution is -2.43. The Morgan fingerprint density at radius 2 is 2.11 bits per heavy atom. The molecule has 1 aromatic rings. The normalized spacial score (nSPS) is 11.7. The Kier molecular flexibility index (Phi) is 5.29. The number of rotatable bonds is 5. The van der Waals surface area contributed by atoms with Gasteiger partial charge in [0.25, 0.3) is 0 Å². The van der Waals surface area contributed by atoms with Crippen LogP contribution in [0.15, 0.2) is 18.2 Å². The van der Waals surface area contributed by atoms with Gasteiger partial charge >= 0.3 is 12.0 Å². The summed E-state index contributed by atoms with van der Waals surface area (Å²) in [7, 11) is 0. The summed E-state index contributed by atoms with van der Waals surface area (Å²) >= 11 is 0. The molecule has 1 rings (SSSR count). The number of halogens is 1. The Hall–Kier alpha value is -2.11. The van der Waals surface area contributed by atoms with Crippen LogP contribution in [0.25, 0.3) is 0 Å². The van der Waals surface area contributed by atoms with Crippen molar-refractivity contribution in [2.75, 3.05) is 5.32 Å². The van der Waals surface area contributed by atoms with Crippen LogP contribution in [-0.4, -0.2) is 23.1 Å². The molecule has 0 saturated heterocycles. The number of aliphatic carboxylic acids is 1. The van der Waals surface area contributed by atoms with Gasteiger partial charge in [-0.2, -0.15) is 0 Å². The van der Waals surface area contributed by atoms with Gasteiger partial charge in [0.05, 0.1) is 0 Å². The average Bonchev–Trinajstić information content (AvgIpc) is 2.34. The van der Waals surface area contributed by atoms with Crippen molar-refractivity contribution in [3.63, 3.8) is 0 Å². The minimum absolute atomic E-state index is 0.306. The van der Waals surface area contributed by atoms with Crippen molar-refractivity contribution < 1.29 is 19.1 Å². The van der Waals surface area contributed by atoms with Crippen molar-refractivity contribution in [2.45, 2.75) is 32.7 Å². The second kappa shape index (κ2) is 6.72. The van der Waals surface area contributed by atoms with Crippen LogP contribution in [-0.2, 0) is 4.79 Å². The number of benzene rings is 1. The van der Waals surface area contributed by atoms with Gasteiger partial charge in [0.1, 0.15) is 11.9 Å². The number of carboxylic acids is 1. The Bertz CT molecular complexity index is 477. The molecule has 0 bridgehead atoms. The SMILES string of the molecule is CCC[C@@H](NC(=O)Nc1cccc(F)c1C)C(=O)O. The van der Waals surface area contributed by atoms with Crippen molar-refractivity contribution in [2.24, 2.45) is 0 Å². The zero-order chi connectivity index (χ0) is 14.4. The van der Waals surface area contributed by atoms with Crippen LogP contribution < -0.4 is 10.6 Å². The molecule has 0 aliphatic rings. The number of hydrogen-bond donors (Lipinski definition) is 3. The van der Waals surface area contributed by atoms with E-state index < -0.39 is 23.9 Å². The predicted octanol–water partition coefficient (Wildman–Crippen LogP) is 2.51. The highest BCUT2D eigenvalue weighted by molar-refractivity contribution is 5.92. The van der Waals surface area contributed by atoms with Gasteiger partial charge < -0.3 is 15.7 Å². The van der Waals surface area contributed by atoms with Crippen molar-refractivity contribution in [3.05, 3.63) is 29.6 Å². The Labute approximate surface area is 110 Å². The molecule has 6 heteroatoms. The van der Waals surface area contributed by atoms with E-state index in [0.717, 1.165) is 0 Å². The first kappa shape index (κ1) is 14.9. The van der Waals surface area contributed by atoms with Gasteiger partial charge in [-0.25, -0.2) is 14.0 Å². The fourth-order valence-corrected chi connectivity index (χ4v) is 1.61. The summed E-state index contributed by atoms with van der Waals surface area (Å²) in [5.41, 5.74) is 0.623. The fourth-order valence-electron chi connectivity index (χ4n) is 1.61. The molecule has 0 fully saturated rings. The van der Waals surface area contributed by atoms with Crippen LogP contribution in [0.4, 0.5) is 14.9 Å². The monoisotopic (exact) mass is 268 g/mol. The quantitative estimate of drug-likeness (QED) is 0.767. The summed E-state index contributed by atoms with van der Waals surface area (Å²) in [5, 5.41) is 13.7. The maximum atomic E-state index is 13.3. The van der Waals surface area contributed by atoms with Gasteiger partial charge in [0.2, 0.25) is 0 Å². The second-order valence-electron chi connectivity index (χ2n) is 4.19. The summed E-state index contributed by atoms with van der Waals surface area (Å²) in [6, 6.07) is 2.70. The molecule has 104 valence electrons. The van der Waals surface area contributed by atoms with Crippen LogP contribution >= 0.6 is 0 Å². The van der Waals surface area contributed by atoms with Crippen molar-refractivity contribution >= 4 is 17.7 Å². The van der Waals surface area contributed by atoms with Crippen molar-refractivity contribution in [1.82, 2.24) is 5.32 Å². The highest BCUT2D eigenvalue weighted by Crippen LogP contribution is 2.17. The minimum atomic E-state index is -1.09. The topological polar surface area (TPSA) is 78.4 Å². The molecular weight excluding hydrogens is 251 g/mol. The smallest absolute Gasteiger partial charge is 0.326 e. The van der Waals surface area contributed by atoms with Gasteiger partial charge in [-0.15, -0.1) is 0 Å². The Balaban J connectivity index is 2.69. The van der Waals surface area contributed by atoms with Crippen molar-refractivity contribution in [3.8, 4) is 0 Å². The number of carbonyl (C=O) groups excluding carboxylic acids is 1. The van der Waals surface area contributed by atoms with Crippen LogP contribution in [0.5, 0.6) is 0 Å². The lowest BCUT2D eigenvalue weighted by molar-refractivity contribution is -0.139. The van der Waals surface area contributed by atoms with Gasteiger partial charge in [-0.3, -0.25) is 0 Å². The van der Waals surface area contributed by atoms with E-state index in [0.29, 0.717) is 24.1 Å². The largest absolute Gasteiger partial charge is 0.480 e. The van der Waals surface area contributed by atoms with Gasteiger partial charge in [0.15, 0.2) is 0 Å². The molecule has 0 heterocycles. The molecule has 0 aromatic heterocycles. The van der Waals surface area contributed by atoms with Gasteiger partial charge in [-0.1, -0.05) is 19.4 Å². The molecule has 3 N–H and O–H groups in total. The molecule has 2 amide bonds. The Morgan fingerprint density at radius 1 is 1.42 bits per heavy atom. The molecule has 0 aliphatic heterocycles. The summed E-state index contributed by atoms with van der Waals surface area (Å²) in [4.78, 5) is 22.6. The number of carbonyl (C=O) groups is 2. The summed E-state index contributed by atoms with van der Waals surface area (Å²) < 4.78 is 13.3. The number of nitrogens with one attached hydrogen (secondary N) is 2.